The average Bonchev–Trinajstić information content (AvgIpc) is 4.21. The van der Waals surface area contributed by atoms with Gasteiger partial charge in [0.2, 0.25) is 0 Å². The minimum Gasteiger partial charge on any atom is -0.388 e. The van der Waals surface area contributed by atoms with Gasteiger partial charge in [0.15, 0.2) is 0 Å². The largest absolute Gasteiger partial charge is 0.388 e. The van der Waals surface area contributed by atoms with Gasteiger partial charge in [-0.3, -0.25) is 0 Å². The highest BCUT2D eigenvalue weighted by atomic mass is 16.4. The van der Waals surface area contributed by atoms with Crippen molar-refractivity contribution in [2.45, 2.75) is 149 Å². The van der Waals surface area contributed by atoms with Gasteiger partial charge in [-0.05, 0) is 332 Å². The molecule has 0 spiro atoms. The first kappa shape index (κ1) is 49.5. The molecule has 16 bridgehead atoms. The molecular formula is C68H98O4. The molecule has 0 aromatic heterocycles. The number of methoxy groups -OCH3 is 1. The number of hydrogen-bond donors (Lipinski definition) is 0. The lowest BCUT2D eigenvalue weighted by molar-refractivity contribution is -0.106. The van der Waals surface area contributed by atoms with Crippen LogP contribution < -0.4 is 0 Å². The summed E-state index contributed by atoms with van der Waals surface area (Å²) in [6, 6.07) is 0. The fourth-order valence-electron chi connectivity index (χ4n) is 26.7. The van der Waals surface area contributed by atoms with Crippen LogP contribution in [0.25, 0.3) is 0 Å². The van der Waals surface area contributed by atoms with Crippen molar-refractivity contribution in [2.75, 3.05) is 14.2 Å². The third kappa shape index (κ3) is 7.61. The highest BCUT2D eigenvalue weighted by molar-refractivity contribution is 5.45. The number of hydrogen-bond acceptors (Lipinski definition) is 4. The summed E-state index contributed by atoms with van der Waals surface area (Å²) in [5.41, 5.74) is 0. The maximum Gasteiger partial charge on any atom is 0.116 e. The van der Waals surface area contributed by atoms with Crippen molar-refractivity contribution in [2.24, 2.45) is 189 Å². The highest BCUT2D eigenvalue weighted by Crippen LogP contribution is 2.75. The molecule has 0 aromatic rings. The highest BCUT2D eigenvalue weighted by Gasteiger charge is 2.68. The van der Waals surface area contributed by atoms with Crippen molar-refractivity contribution in [1.82, 2.24) is 0 Å². The number of carbonyl (C=O) groups is 3. The van der Waals surface area contributed by atoms with Gasteiger partial charge in [0.25, 0.3) is 0 Å². The molecule has 0 N–H and O–H groups in total. The molecule has 20 rings (SSSR count). The molecule has 4 nitrogen and oxygen atoms in total. The molecule has 394 valence electrons. The molecule has 32 unspecified atom stereocenters. The summed E-state index contributed by atoms with van der Waals surface area (Å²) in [6.07, 6.45) is 54.6. The zero-order valence-electron chi connectivity index (χ0n) is 45.6. The zero-order chi connectivity index (χ0) is 49.1. The van der Waals surface area contributed by atoms with Crippen LogP contribution in [0.2, 0.25) is 0 Å². The van der Waals surface area contributed by atoms with E-state index < -0.39 is 0 Å². The van der Waals surface area contributed by atoms with Gasteiger partial charge in [-0.25, -0.2) is 0 Å². The summed E-state index contributed by atoms with van der Waals surface area (Å²) in [6.45, 7) is 4.33. The van der Waals surface area contributed by atoms with Crippen LogP contribution in [0.5, 0.6) is 0 Å². The molecule has 0 aromatic carbocycles. The van der Waals surface area contributed by atoms with Crippen molar-refractivity contribution < 1.29 is 19.1 Å². The molecule has 20 aliphatic carbocycles. The van der Waals surface area contributed by atoms with E-state index in [-0.39, 0.29) is 0 Å². The van der Waals surface area contributed by atoms with E-state index in [1.165, 1.54) is 141 Å². The van der Waals surface area contributed by atoms with Crippen LogP contribution in [-0.2, 0) is 19.1 Å². The third-order valence-electron chi connectivity index (χ3n) is 27.4. The van der Waals surface area contributed by atoms with Gasteiger partial charge in [0, 0.05) is 14.2 Å². The van der Waals surface area contributed by atoms with Crippen LogP contribution in [0, 0.1) is 189 Å². The first-order valence-corrected chi connectivity index (χ1v) is 31.7. The summed E-state index contributed by atoms with van der Waals surface area (Å²) in [5.74, 6) is 36.4. The Morgan fingerprint density at radius 1 is 0.319 bits per heavy atom. The molecule has 0 radical (unpaired) electrons. The van der Waals surface area contributed by atoms with Gasteiger partial charge in [-0.15, -0.1) is 0 Å². The van der Waals surface area contributed by atoms with E-state index in [4.69, 9.17) is 14.4 Å². The predicted octanol–water partition coefficient (Wildman–Crippen LogP) is 14.8. The molecule has 16 saturated carbocycles. The summed E-state index contributed by atoms with van der Waals surface area (Å²) in [7, 11) is 3.25. The lowest BCUT2D eigenvalue weighted by Gasteiger charge is -2.40. The van der Waals surface area contributed by atoms with Crippen LogP contribution >= 0.6 is 0 Å². The van der Waals surface area contributed by atoms with Crippen molar-refractivity contribution in [1.29, 1.82) is 0 Å². The smallest absolute Gasteiger partial charge is 0.116 e. The number of carbonyl (C=O) groups excluding carboxylic acids is 3. The molecule has 0 amide bonds. The molecule has 16 fully saturated rings. The van der Waals surface area contributed by atoms with Gasteiger partial charge in [0.1, 0.15) is 18.9 Å². The topological polar surface area (TPSA) is 60.4 Å². The maximum atomic E-state index is 8.81. The quantitative estimate of drug-likeness (QED) is 0.138. The molecule has 32 atom stereocenters. The second-order valence-corrected chi connectivity index (χ2v) is 29.0. The van der Waals surface area contributed by atoms with Crippen molar-refractivity contribution in [3.63, 3.8) is 0 Å². The minimum atomic E-state index is 0.750. The van der Waals surface area contributed by atoms with E-state index in [9.17, 15) is 0 Å². The van der Waals surface area contributed by atoms with Crippen LogP contribution in [0.4, 0.5) is 0 Å². The Morgan fingerprint density at radius 3 is 1.11 bits per heavy atom. The Morgan fingerprint density at radius 2 is 0.639 bits per heavy atom. The number of aldehydes is 3. The Labute approximate surface area is 437 Å². The number of ether oxygens (including phenoxy) is 1. The van der Waals surface area contributed by atoms with Crippen LogP contribution in [0.15, 0.2) is 48.6 Å². The SMILES string of the molecule is C1=CC2C(C1)C1CC2C2C3C=CC(C3)C12.C1=CC2CC1C1CC3C4C=CC(C4)C3C21.C1CC2C(C1)C1CC2C2C3CCC(C3)C12.C1CC2CC1C1CC3C4CCC(C4)C3C21.CC=O.CC=O.CC=O.COC. The fourth-order valence-corrected chi connectivity index (χ4v) is 26.7. The Bertz CT molecular complexity index is 1990. The lowest BCUT2D eigenvalue weighted by Crippen LogP contribution is -2.35. The van der Waals surface area contributed by atoms with Gasteiger partial charge in [-0.2, -0.15) is 0 Å². The van der Waals surface area contributed by atoms with Crippen molar-refractivity contribution in [3.05, 3.63) is 48.6 Å². The first-order chi connectivity index (χ1) is 35.4. The molecule has 0 aliphatic heterocycles. The number of allylic oxidation sites excluding steroid dienone is 8. The summed E-state index contributed by atoms with van der Waals surface area (Å²) in [4.78, 5) is 26.4. The Hall–Kier alpha value is -2.07. The Kier molecular flexibility index (Phi) is 13.8. The molecule has 0 heterocycles. The van der Waals surface area contributed by atoms with Crippen molar-refractivity contribution >= 4 is 18.9 Å². The summed E-state index contributed by atoms with van der Waals surface area (Å²) >= 11 is 0. The molecule has 0 saturated heterocycles. The fraction of sp³-hybridized carbons (Fsp3) is 0.838. The van der Waals surface area contributed by atoms with Crippen LogP contribution in [-0.4, -0.2) is 33.1 Å². The standard InChI is InChI=1S/C15H22.C15H18.C15H22.C15H18.C2H6O.3C2H4O/c2*1-3-10-5-8(1)12-7-13-9-2-4-11(6-9)15(13)14(10)12;2*1-2-10-11(3-1)13-7-12(10)14-8-4-5-9(6-8)15(13)14;1-3-2;3*1-2-3/h8-15H,1-7H2;1-4,8-15H,5-7H2;8-15H,1-7H2;1-2,4-5,8-15H,3,6-7H2;1-2H3;3*2H,1H3. The van der Waals surface area contributed by atoms with Gasteiger partial charge >= 0.3 is 0 Å². The monoisotopic (exact) mass is 979 g/mol. The summed E-state index contributed by atoms with van der Waals surface area (Å²) < 4.78 is 4.25. The molecule has 72 heavy (non-hydrogen) atoms. The number of rotatable bonds is 0. The first-order valence-electron chi connectivity index (χ1n) is 31.7. The number of fused-ring (bicyclic) bond motifs is 46. The molecule has 4 heteroatoms. The van der Waals surface area contributed by atoms with Crippen molar-refractivity contribution in [3.8, 4) is 0 Å². The normalized spacial score (nSPS) is 57.2. The van der Waals surface area contributed by atoms with E-state index in [0.717, 1.165) is 114 Å². The van der Waals surface area contributed by atoms with E-state index in [1.807, 2.05) is 0 Å². The van der Waals surface area contributed by atoms with Gasteiger partial charge < -0.3 is 19.1 Å². The van der Waals surface area contributed by atoms with Gasteiger partial charge in [0.05, 0.1) is 0 Å². The molecule has 20 aliphatic rings. The van der Waals surface area contributed by atoms with E-state index in [2.05, 4.69) is 53.3 Å². The predicted molar refractivity (Wildman–Crippen MR) is 289 cm³/mol. The maximum absolute atomic E-state index is 8.81. The second kappa shape index (κ2) is 20.1. The van der Waals surface area contributed by atoms with Crippen LogP contribution in [0.3, 0.4) is 0 Å². The van der Waals surface area contributed by atoms with E-state index in [1.54, 1.807) is 117 Å². The molecular weight excluding hydrogens is 881 g/mol. The van der Waals surface area contributed by atoms with Crippen LogP contribution in [0.1, 0.15) is 149 Å². The lowest BCUT2D eigenvalue weighted by atomic mass is 9.64. The van der Waals surface area contributed by atoms with Gasteiger partial charge in [-0.1, -0.05) is 55.0 Å². The van der Waals surface area contributed by atoms with E-state index in [0.29, 0.717) is 0 Å². The third-order valence-corrected chi connectivity index (χ3v) is 27.4. The zero-order valence-corrected chi connectivity index (χ0v) is 45.6. The second-order valence-electron chi connectivity index (χ2n) is 29.0. The summed E-state index contributed by atoms with van der Waals surface area (Å²) in [5, 5.41) is 0. The van der Waals surface area contributed by atoms with E-state index >= 15 is 0 Å². The average molecular weight is 980 g/mol. The Balaban J connectivity index is 0.0000000870. The minimum absolute atomic E-state index is 0.750.